The Labute approximate surface area is 150 Å². The molecule has 0 fully saturated rings. The maximum absolute atomic E-state index is 12.4. The molecule has 1 aliphatic heterocycles. The zero-order valence-electron chi connectivity index (χ0n) is 14.3. The van der Waals surface area contributed by atoms with Crippen LogP contribution < -0.4 is 15.4 Å². The summed E-state index contributed by atoms with van der Waals surface area (Å²) < 4.78 is 7.43. The van der Waals surface area contributed by atoms with Crippen molar-refractivity contribution in [3.8, 4) is 5.75 Å². The summed E-state index contributed by atoms with van der Waals surface area (Å²) in [7, 11) is 0. The molecule has 2 aromatic carbocycles. The highest BCUT2D eigenvalue weighted by atomic mass is 16.5. The first-order valence-electron chi connectivity index (χ1n) is 8.38. The summed E-state index contributed by atoms with van der Waals surface area (Å²) in [5.41, 5.74) is 3.08. The second kappa shape index (κ2) is 6.51. The van der Waals surface area contributed by atoms with Crippen molar-refractivity contribution in [3.05, 3.63) is 53.9 Å². The van der Waals surface area contributed by atoms with Gasteiger partial charge in [-0.05, 0) is 37.3 Å². The van der Waals surface area contributed by atoms with Gasteiger partial charge in [0.05, 0.1) is 16.7 Å². The number of aryl methyl sites for hydroxylation is 1. The Morgan fingerprint density at radius 2 is 2.15 bits per heavy atom. The number of aromatic nitrogens is 2. The zero-order valence-corrected chi connectivity index (χ0v) is 14.3. The van der Waals surface area contributed by atoms with E-state index in [2.05, 4.69) is 20.2 Å². The molecule has 0 atom stereocenters. The van der Waals surface area contributed by atoms with Crippen LogP contribution in [0.4, 0.5) is 5.69 Å². The lowest BCUT2D eigenvalue weighted by molar-refractivity contribution is -0.118. The van der Waals surface area contributed by atoms with Gasteiger partial charge in [0.1, 0.15) is 11.6 Å². The lowest BCUT2D eigenvalue weighted by atomic mass is 10.1. The second-order valence-corrected chi connectivity index (χ2v) is 6.10. The van der Waals surface area contributed by atoms with Crippen molar-refractivity contribution < 1.29 is 14.3 Å². The number of benzene rings is 2. The van der Waals surface area contributed by atoms with Crippen molar-refractivity contribution in [2.75, 3.05) is 18.5 Å². The Balaban J connectivity index is 1.43. The molecule has 26 heavy (non-hydrogen) atoms. The van der Waals surface area contributed by atoms with Crippen molar-refractivity contribution in [3.63, 3.8) is 0 Å². The number of ether oxygens (including phenoxy) is 1. The third-order valence-electron chi connectivity index (χ3n) is 4.34. The van der Waals surface area contributed by atoms with Crippen molar-refractivity contribution >= 4 is 28.5 Å². The van der Waals surface area contributed by atoms with E-state index < -0.39 is 0 Å². The van der Waals surface area contributed by atoms with Gasteiger partial charge in [-0.3, -0.25) is 9.59 Å². The number of nitrogens with one attached hydrogen (secondary N) is 2. The number of nitrogens with zero attached hydrogens (tertiary/aromatic N) is 2. The molecule has 2 N–H and O–H groups in total. The van der Waals surface area contributed by atoms with E-state index in [0.29, 0.717) is 30.1 Å². The van der Waals surface area contributed by atoms with Crippen LogP contribution in [0, 0.1) is 6.92 Å². The molecular formula is C19H18N4O3. The first-order chi connectivity index (χ1) is 12.6. The van der Waals surface area contributed by atoms with Crippen molar-refractivity contribution in [2.45, 2.75) is 13.5 Å². The molecule has 4 rings (SSSR count). The first-order valence-corrected chi connectivity index (χ1v) is 8.38. The summed E-state index contributed by atoms with van der Waals surface area (Å²) in [6.45, 7) is 3.03. The minimum atomic E-state index is -0.197. The molecule has 1 aromatic heterocycles. The fourth-order valence-electron chi connectivity index (χ4n) is 3.08. The lowest BCUT2D eigenvalue weighted by Gasteiger charge is -2.18. The summed E-state index contributed by atoms with van der Waals surface area (Å²) in [6.07, 6.45) is 0. The first kappa shape index (κ1) is 16.1. The molecule has 0 spiro atoms. The molecule has 0 aliphatic carbocycles. The highest BCUT2D eigenvalue weighted by Gasteiger charge is 2.17. The molecule has 7 heteroatoms. The number of anilines is 1. The number of fused-ring (bicyclic) bond motifs is 2. The number of hydrogen-bond donors (Lipinski definition) is 2. The molecule has 7 nitrogen and oxygen atoms in total. The van der Waals surface area contributed by atoms with Crippen LogP contribution in [0.5, 0.6) is 5.75 Å². The van der Waals surface area contributed by atoms with Gasteiger partial charge in [0.2, 0.25) is 0 Å². The van der Waals surface area contributed by atoms with Crippen LogP contribution in [0.1, 0.15) is 16.2 Å². The lowest BCUT2D eigenvalue weighted by Crippen LogP contribution is -2.28. The molecule has 2 amide bonds. The normalized spacial score (nSPS) is 13.0. The average Bonchev–Trinajstić information content (AvgIpc) is 2.96. The van der Waals surface area contributed by atoms with Crippen LogP contribution in [0.2, 0.25) is 0 Å². The summed E-state index contributed by atoms with van der Waals surface area (Å²) in [4.78, 5) is 28.2. The number of imidazole rings is 1. The van der Waals surface area contributed by atoms with Gasteiger partial charge in [-0.25, -0.2) is 4.98 Å². The van der Waals surface area contributed by atoms with Crippen LogP contribution in [-0.2, 0) is 11.3 Å². The third-order valence-corrected chi connectivity index (χ3v) is 4.34. The van der Waals surface area contributed by atoms with Gasteiger partial charge >= 0.3 is 0 Å². The molecule has 2 heterocycles. The van der Waals surface area contributed by atoms with E-state index in [1.54, 1.807) is 18.2 Å². The van der Waals surface area contributed by atoms with E-state index in [4.69, 9.17) is 4.74 Å². The second-order valence-electron chi connectivity index (χ2n) is 6.10. The number of hydrogen-bond acceptors (Lipinski definition) is 4. The van der Waals surface area contributed by atoms with Crippen LogP contribution in [-0.4, -0.2) is 34.5 Å². The quantitative estimate of drug-likeness (QED) is 0.755. The van der Waals surface area contributed by atoms with Gasteiger partial charge in [-0.2, -0.15) is 0 Å². The van der Waals surface area contributed by atoms with Crippen LogP contribution in [0.25, 0.3) is 11.0 Å². The predicted molar refractivity (Wildman–Crippen MR) is 97.4 cm³/mol. The fraction of sp³-hybridized carbons (Fsp3) is 0.211. The molecule has 0 unspecified atom stereocenters. The fourth-order valence-corrected chi connectivity index (χ4v) is 3.08. The highest BCUT2D eigenvalue weighted by Crippen LogP contribution is 2.28. The van der Waals surface area contributed by atoms with E-state index in [-0.39, 0.29) is 18.4 Å². The number of para-hydroxylation sites is 2. The van der Waals surface area contributed by atoms with E-state index in [0.717, 1.165) is 16.9 Å². The smallest absolute Gasteiger partial charge is 0.262 e. The zero-order chi connectivity index (χ0) is 18.1. The van der Waals surface area contributed by atoms with Gasteiger partial charge in [0.25, 0.3) is 11.8 Å². The summed E-state index contributed by atoms with van der Waals surface area (Å²) in [6, 6.07) is 12.9. The van der Waals surface area contributed by atoms with Gasteiger partial charge in [-0.15, -0.1) is 0 Å². The molecule has 1 aliphatic rings. The average molecular weight is 350 g/mol. The Kier molecular flexibility index (Phi) is 4.04. The minimum Gasteiger partial charge on any atom is -0.482 e. The van der Waals surface area contributed by atoms with Crippen LogP contribution in [0.3, 0.4) is 0 Å². The Morgan fingerprint density at radius 1 is 1.31 bits per heavy atom. The van der Waals surface area contributed by atoms with Crippen LogP contribution >= 0.6 is 0 Å². The van der Waals surface area contributed by atoms with E-state index in [1.165, 1.54) is 0 Å². The highest BCUT2D eigenvalue weighted by molar-refractivity contribution is 5.99. The number of amides is 2. The third kappa shape index (κ3) is 2.99. The van der Waals surface area contributed by atoms with E-state index >= 15 is 0 Å². The van der Waals surface area contributed by atoms with E-state index in [1.807, 2.05) is 31.2 Å². The molecule has 3 aromatic rings. The number of carbonyl (C=O) groups excluding carboxylic acids is 2. The molecule has 0 saturated carbocycles. The maximum atomic E-state index is 12.4. The van der Waals surface area contributed by atoms with Crippen molar-refractivity contribution in [2.24, 2.45) is 0 Å². The molecular weight excluding hydrogens is 332 g/mol. The number of rotatable bonds is 4. The van der Waals surface area contributed by atoms with Gasteiger partial charge in [0.15, 0.2) is 6.61 Å². The maximum Gasteiger partial charge on any atom is 0.262 e. The Hall–Kier alpha value is -3.35. The Morgan fingerprint density at radius 3 is 3.04 bits per heavy atom. The van der Waals surface area contributed by atoms with Gasteiger partial charge < -0.3 is 19.9 Å². The largest absolute Gasteiger partial charge is 0.482 e. The molecule has 0 saturated heterocycles. The minimum absolute atomic E-state index is 0.0367. The SMILES string of the molecule is Cc1nc2ccccc2n1CCNC(=O)c1ccc2c(c1)OCC(=O)N2. The van der Waals surface area contributed by atoms with Crippen molar-refractivity contribution in [1.29, 1.82) is 0 Å². The Bertz CT molecular complexity index is 1010. The van der Waals surface area contributed by atoms with Crippen LogP contribution in [0.15, 0.2) is 42.5 Å². The van der Waals surface area contributed by atoms with Gasteiger partial charge in [-0.1, -0.05) is 12.1 Å². The standard InChI is InChI=1S/C19H18N4O3/c1-12-21-14-4-2-3-5-16(14)23(12)9-8-20-19(25)13-6-7-15-17(10-13)26-11-18(24)22-15/h2-7,10H,8-9,11H2,1H3,(H,20,25)(H,22,24). The van der Waals surface area contributed by atoms with Crippen molar-refractivity contribution in [1.82, 2.24) is 14.9 Å². The summed E-state index contributed by atoms with van der Waals surface area (Å²) in [5, 5.41) is 5.62. The summed E-state index contributed by atoms with van der Waals surface area (Å²) in [5.74, 6) is 1.04. The summed E-state index contributed by atoms with van der Waals surface area (Å²) >= 11 is 0. The number of carbonyl (C=O) groups is 2. The molecule has 0 bridgehead atoms. The van der Waals surface area contributed by atoms with E-state index in [9.17, 15) is 9.59 Å². The monoisotopic (exact) mass is 350 g/mol. The molecule has 132 valence electrons. The van der Waals surface area contributed by atoms with Gasteiger partial charge in [0, 0.05) is 18.7 Å². The topological polar surface area (TPSA) is 85.2 Å². The predicted octanol–water partition coefficient (Wildman–Crippen LogP) is 2.11. The molecule has 0 radical (unpaired) electrons.